The maximum atomic E-state index is 12.6. The Morgan fingerprint density at radius 3 is 2.85 bits per heavy atom. The standard InChI is InChI=1S/C19H25N3O4/c23-17-13-26-19(14-22(17)11-16-3-1-2-7-20-16)5-8-21(9-6-19)18(24)15-4-10-25-12-15/h1-3,7,15H,4-6,8-14H2. The maximum absolute atomic E-state index is 12.6. The van der Waals surface area contributed by atoms with Gasteiger partial charge in [-0.2, -0.15) is 0 Å². The summed E-state index contributed by atoms with van der Waals surface area (Å²) in [4.78, 5) is 32.9. The Morgan fingerprint density at radius 2 is 2.15 bits per heavy atom. The van der Waals surface area contributed by atoms with Gasteiger partial charge in [-0.3, -0.25) is 14.6 Å². The van der Waals surface area contributed by atoms with Crippen molar-refractivity contribution in [2.24, 2.45) is 5.92 Å². The van der Waals surface area contributed by atoms with Crippen LogP contribution in [0.5, 0.6) is 0 Å². The molecule has 2 amide bonds. The van der Waals surface area contributed by atoms with Gasteiger partial charge in [-0.15, -0.1) is 0 Å². The highest BCUT2D eigenvalue weighted by Crippen LogP contribution is 2.32. The highest BCUT2D eigenvalue weighted by molar-refractivity contribution is 5.80. The Morgan fingerprint density at radius 1 is 1.31 bits per heavy atom. The molecule has 3 saturated heterocycles. The second-order valence-corrected chi connectivity index (χ2v) is 7.43. The van der Waals surface area contributed by atoms with Crippen molar-refractivity contribution in [1.29, 1.82) is 0 Å². The van der Waals surface area contributed by atoms with Crippen molar-refractivity contribution in [2.75, 3.05) is 39.5 Å². The van der Waals surface area contributed by atoms with Gasteiger partial charge in [-0.1, -0.05) is 6.07 Å². The van der Waals surface area contributed by atoms with Gasteiger partial charge in [0.25, 0.3) is 0 Å². The number of nitrogens with zero attached hydrogens (tertiary/aromatic N) is 3. The highest BCUT2D eigenvalue weighted by atomic mass is 16.5. The van der Waals surface area contributed by atoms with E-state index >= 15 is 0 Å². The molecule has 1 aromatic heterocycles. The lowest BCUT2D eigenvalue weighted by molar-refractivity contribution is -0.175. The van der Waals surface area contributed by atoms with Crippen LogP contribution in [0.4, 0.5) is 0 Å². The molecule has 1 spiro atoms. The first-order valence-corrected chi connectivity index (χ1v) is 9.33. The third-order valence-electron chi connectivity index (χ3n) is 5.68. The molecule has 0 radical (unpaired) electrons. The molecule has 0 saturated carbocycles. The minimum atomic E-state index is -0.342. The molecule has 3 fully saturated rings. The normalized spacial score (nSPS) is 25.7. The monoisotopic (exact) mass is 359 g/mol. The minimum absolute atomic E-state index is 0.00267. The summed E-state index contributed by atoms with van der Waals surface area (Å²) in [5.74, 6) is 0.219. The Hall–Kier alpha value is -1.99. The molecule has 7 nitrogen and oxygen atoms in total. The van der Waals surface area contributed by atoms with Gasteiger partial charge in [0, 0.05) is 25.9 Å². The third kappa shape index (κ3) is 3.59. The van der Waals surface area contributed by atoms with Gasteiger partial charge in [0.1, 0.15) is 6.61 Å². The van der Waals surface area contributed by atoms with Crippen LogP contribution in [0.15, 0.2) is 24.4 Å². The minimum Gasteiger partial charge on any atom is -0.381 e. The number of hydrogen-bond acceptors (Lipinski definition) is 5. The summed E-state index contributed by atoms with van der Waals surface area (Å²) >= 11 is 0. The third-order valence-corrected chi connectivity index (χ3v) is 5.68. The van der Waals surface area contributed by atoms with Gasteiger partial charge >= 0.3 is 0 Å². The van der Waals surface area contributed by atoms with Gasteiger partial charge in [-0.25, -0.2) is 0 Å². The molecule has 140 valence electrons. The molecule has 0 aliphatic carbocycles. The first kappa shape index (κ1) is 17.4. The number of carbonyl (C=O) groups excluding carboxylic acids is 2. The summed E-state index contributed by atoms with van der Waals surface area (Å²) in [5.41, 5.74) is 0.540. The van der Waals surface area contributed by atoms with Crippen LogP contribution < -0.4 is 0 Å². The quantitative estimate of drug-likeness (QED) is 0.800. The van der Waals surface area contributed by atoms with Crippen molar-refractivity contribution in [3.8, 4) is 0 Å². The van der Waals surface area contributed by atoms with Crippen molar-refractivity contribution in [3.63, 3.8) is 0 Å². The van der Waals surface area contributed by atoms with Crippen LogP contribution in [0.2, 0.25) is 0 Å². The number of carbonyl (C=O) groups is 2. The van der Waals surface area contributed by atoms with Crippen molar-refractivity contribution in [2.45, 2.75) is 31.4 Å². The maximum Gasteiger partial charge on any atom is 0.249 e. The summed E-state index contributed by atoms with van der Waals surface area (Å²) in [7, 11) is 0. The summed E-state index contributed by atoms with van der Waals surface area (Å²) < 4.78 is 11.3. The topological polar surface area (TPSA) is 72.0 Å². The van der Waals surface area contributed by atoms with E-state index in [1.54, 1.807) is 6.20 Å². The zero-order chi connectivity index (χ0) is 18.0. The average molecular weight is 359 g/mol. The predicted octanol–water partition coefficient (Wildman–Crippen LogP) is 0.838. The van der Waals surface area contributed by atoms with Crippen LogP contribution in [0.1, 0.15) is 25.0 Å². The van der Waals surface area contributed by atoms with Crippen molar-refractivity contribution < 1.29 is 19.1 Å². The molecular weight excluding hydrogens is 334 g/mol. The number of hydrogen-bond donors (Lipinski definition) is 0. The molecule has 26 heavy (non-hydrogen) atoms. The smallest absolute Gasteiger partial charge is 0.249 e. The van der Waals surface area contributed by atoms with Crippen LogP contribution in [0.3, 0.4) is 0 Å². The molecule has 4 heterocycles. The number of ether oxygens (including phenoxy) is 2. The molecule has 0 N–H and O–H groups in total. The van der Waals surface area contributed by atoms with E-state index in [9.17, 15) is 9.59 Å². The molecule has 1 aromatic rings. The molecule has 7 heteroatoms. The lowest BCUT2D eigenvalue weighted by Crippen LogP contribution is -2.59. The molecule has 3 aliphatic heterocycles. The fourth-order valence-electron chi connectivity index (χ4n) is 4.04. The van der Waals surface area contributed by atoms with Crippen LogP contribution in [-0.4, -0.2) is 71.7 Å². The van der Waals surface area contributed by atoms with E-state index in [4.69, 9.17) is 9.47 Å². The van der Waals surface area contributed by atoms with Crippen LogP contribution in [0.25, 0.3) is 0 Å². The van der Waals surface area contributed by atoms with Gasteiger partial charge in [0.15, 0.2) is 0 Å². The van der Waals surface area contributed by atoms with Gasteiger partial charge in [-0.05, 0) is 31.4 Å². The lowest BCUT2D eigenvalue weighted by Gasteiger charge is -2.47. The fourth-order valence-corrected chi connectivity index (χ4v) is 4.04. The van der Waals surface area contributed by atoms with Gasteiger partial charge in [0.05, 0.1) is 36.9 Å². The summed E-state index contributed by atoms with van der Waals surface area (Å²) in [6.07, 6.45) is 4.09. The molecule has 0 bridgehead atoms. The van der Waals surface area contributed by atoms with Crippen molar-refractivity contribution in [3.05, 3.63) is 30.1 Å². The van der Waals surface area contributed by atoms with Gasteiger partial charge < -0.3 is 19.3 Å². The molecule has 3 aliphatic rings. The number of aromatic nitrogens is 1. The van der Waals surface area contributed by atoms with E-state index in [1.807, 2.05) is 28.0 Å². The summed E-state index contributed by atoms with van der Waals surface area (Å²) in [5, 5.41) is 0. The zero-order valence-corrected chi connectivity index (χ0v) is 14.9. The molecule has 1 atom stereocenters. The number of pyridine rings is 1. The van der Waals surface area contributed by atoms with Gasteiger partial charge in [0.2, 0.25) is 11.8 Å². The predicted molar refractivity (Wildman–Crippen MR) is 93.1 cm³/mol. The first-order chi connectivity index (χ1) is 12.7. The summed E-state index contributed by atoms with van der Waals surface area (Å²) in [6.45, 7) is 3.77. The number of morpholine rings is 1. The highest BCUT2D eigenvalue weighted by Gasteiger charge is 2.43. The van der Waals surface area contributed by atoms with Crippen LogP contribution >= 0.6 is 0 Å². The Kier molecular flexibility index (Phi) is 4.91. The molecule has 0 aromatic carbocycles. The van der Waals surface area contributed by atoms with E-state index in [1.165, 1.54) is 0 Å². The van der Waals surface area contributed by atoms with Crippen LogP contribution in [0, 0.1) is 5.92 Å². The second kappa shape index (κ2) is 7.32. The Bertz CT molecular complexity index is 652. The van der Waals surface area contributed by atoms with E-state index in [0.717, 1.165) is 25.0 Å². The zero-order valence-electron chi connectivity index (χ0n) is 14.9. The first-order valence-electron chi connectivity index (χ1n) is 9.33. The molecular formula is C19H25N3O4. The molecule has 4 rings (SSSR count). The largest absolute Gasteiger partial charge is 0.381 e. The van der Waals surface area contributed by atoms with Crippen molar-refractivity contribution >= 4 is 11.8 Å². The number of piperidine rings is 1. The van der Waals surface area contributed by atoms with Crippen LogP contribution in [-0.2, 0) is 25.6 Å². The Labute approximate surface area is 153 Å². The average Bonchev–Trinajstić information content (AvgIpc) is 3.21. The molecule has 1 unspecified atom stereocenters. The lowest BCUT2D eigenvalue weighted by atomic mass is 9.88. The number of amides is 2. The Balaban J connectivity index is 1.37. The SMILES string of the molecule is O=C1COC2(CCN(C(=O)C3CCOC3)CC2)CN1Cc1ccccn1. The van der Waals surface area contributed by atoms with E-state index < -0.39 is 0 Å². The summed E-state index contributed by atoms with van der Waals surface area (Å²) in [6, 6.07) is 5.73. The number of rotatable bonds is 3. The fraction of sp³-hybridized carbons (Fsp3) is 0.632. The second-order valence-electron chi connectivity index (χ2n) is 7.43. The van der Waals surface area contributed by atoms with E-state index in [0.29, 0.717) is 39.4 Å². The van der Waals surface area contributed by atoms with E-state index in [-0.39, 0.29) is 29.9 Å². The number of likely N-dealkylation sites (tertiary alicyclic amines) is 1. The van der Waals surface area contributed by atoms with Crippen molar-refractivity contribution in [1.82, 2.24) is 14.8 Å². The van der Waals surface area contributed by atoms with E-state index in [2.05, 4.69) is 4.98 Å².